The molecular weight excluding hydrogens is 378 g/mol. The number of thiophene rings is 1. The van der Waals surface area contributed by atoms with Gasteiger partial charge in [-0.2, -0.15) is 4.98 Å². The first kappa shape index (κ1) is 18.5. The second-order valence-electron chi connectivity index (χ2n) is 7.16. The standard InChI is InChI=1S/C21H24ClN3OS/c1-13-17(14-9-11-16(26-3)12-10-14)18-19(23-21(22)24-20(18)27-13)25(2)15-7-5-4-6-8-15/h9-12,15H,4-8H2,1-3H3. The minimum absolute atomic E-state index is 0.322. The summed E-state index contributed by atoms with van der Waals surface area (Å²) in [6, 6.07) is 8.72. The molecule has 1 saturated carbocycles. The van der Waals surface area contributed by atoms with Crippen LogP contribution < -0.4 is 9.64 Å². The highest BCUT2D eigenvalue weighted by atomic mass is 35.5. The Bertz CT molecular complexity index is 948. The van der Waals surface area contributed by atoms with Crippen LogP contribution in [0, 0.1) is 6.92 Å². The lowest BCUT2D eigenvalue weighted by molar-refractivity contribution is 0.415. The minimum atomic E-state index is 0.322. The third kappa shape index (κ3) is 3.50. The Kier molecular flexibility index (Phi) is 5.24. The average Bonchev–Trinajstić information content (AvgIpc) is 3.03. The molecule has 0 atom stereocenters. The fourth-order valence-electron chi connectivity index (χ4n) is 4.07. The number of hydrogen-bond donors (Lipinski definition) is 0. The highest BCUT2D eigenvalue weighted by Gasteiger charge is 2.25. The topological polar surface area (TPSA) is 38.3 Å². The fourth-order valence-corrected chi connectivity index (χ4v) is 5.32. The fraction of sp³-hybridized carbons (Fsp3) is 0.429. The van der Waals surface area contributed by atoms with Crippen molar-refractivity contribution in [2.45, 2.75) is 45.1 Å². The van der Waals surface area contributed by atoms with Crippen molar-refractivity contribution in [2.24, 2.45) is 0 Å². The molecule has 6 heteroatoms. The van der Waals surface area contributed by atoms with Gasteiger partial charge in [-0.05, 0) is 49.1 Å². The van der Waals surface area contributed by atoms with E-state index in [9.17, 15) is 0 Å². The van der Waals surface area contributed by atoms with E-state index in [0.717, 1.165) is 27.3 Å². The molecular formula is C21H24ClN3OS. The number of nitrogens with zero attached hydrogens (tertiary/aromatic N) is 3. The maximum atomic E-state index is 6.30. The summed E-state index contributed by atoms with van der Waals surface area (Å²) in [4.78, 5) is 13.7. The second kappa shape index (κ2) is 7.64. The molecule has 142 valence electrons. The molecule has 1 aromatic carbocycles. The zero-order valence-electron chi connectivity index (χ0n) is 16.0. The first-order chi connectivity index (χ1) is 13.1. The van der Waals surface area contributed by atoms with Crippen molar-refractivity contribution >= 4 is 39.0 Å². The normalized spacial score (nSPS) is 15.3. The number of benzene rings is 1. The number of aryl methyl sites for hydroxylation is 1. The number of anilines is 1. The van der Waals surface area contributed by atoms with Crippen LogP contribution in [0.25, 0.3) is 21.3 Å². The predicted molar refractivity (Wildman–Crippen MR) is 114 cm³/mol. The number of halogens is 1. The predicted octanol–water partition coefficient (Wildman–Crippen LogP) is 6.10. The van der Waals surface area contributed by atoms with Crippen LogP contribution in [0.5, 0.6) is 5.75 Å². The third-order valence-electron chi connectivity index (χ3n) is 5.52. The molecule has 4 nitrogen and oxygen atoms in total. The lowest BCUT2D eigenvalue weighted by Gasteiger charge is -2.32. The van der Waals surface area contributed by atoms with Crippen molar-refractivity contribution in [3.05, 3.63) is 34.4 Å². The molecule has 0 radical (unpaired) electrons. The number of methoxy groups -OCH3 is 1. The first-order valence-electron chi connectivity index (χ1n) is 9.42. The molecule has 0 aliphatic heterocycles. The van der Waals surface area contributed by atoms with Crippen molar-refractivity contribution in [3.63, 3.8) is 0 Å². The van der Waals surface area contributed by atoms with Gasteiger partial charge in [-0.25, -0.2) is 4.98 Å². The van der Waals surface area contributed by atoms with E-state index in [4.69, 9.17) is 16.3 Å². The number of aromatic nitrogens is 2. The maximum Gasteiger partial charge on any atom is 0.225 e. The molecule has 1 aliphatic rings. The van der Waals surface area contributed by atoms with Gasteiger partial charge in [0, 0.05) is 23.5 Å². The molecule has 1 fully saturated rings. The van der Waals surface area contributed by atoms with Gasteiger partial charge in [0.05, 0.1) is 12.5 Å². The summed E-state index contributed by atoms with van der Waals surface area (Å²) in [6.45, 7) is 2.14. The van der Waals surface area contributed by atoms with E-state index in [2.05, 4.69) is 41.0 Å². The van der Waals surface area contributed by atoms with Crippen LogP contribution >= 0.6 is 22.9 Å². The van der Waals surface area contributed by atoms with E-state index < -0.39 is 0 Å². The second-order valence-corrected chi connectivity index (χ2v) is 8.70. The molecule has 0 saturated heterocycles. The van der Waals surface area contributed by atoms with Crippen LogP contribution in [0.15, 0.2) is 24.3 Å². The van der Waals surface area contributed by atoms with Crippen molar-refractivity contribution < 1.29 is 4.74 Å². The largest absolute Gasteiger partial charge is 0.497 e. The van der Waals surface area contributed by atoms with E-state index in [1.54, 1.807) is 18.4 Å². The molecule has 0 amide bonds. The highest BCUT2D eigenvalue weighted by Crippen LogP contribution is 2.43. The van der Waals surface area contributed by atoms with Crippen molar-refractivity contribution in [1.82, 2.24) is 9.97 Å². The van der Waals surface area contributed by atoms with Crippen LogP contribution in [0.4, 0.5) is 5.82 Å². The third-order valence-corrected chi connectivity index (χ3v) is 6.68. The Labute approximate surface area is 169 Å². The Balaban J connectivity index is 1.87. The van der Waals surface area contributed by atoms with Gasteiger partial charge >= 0.3 is 0 Å². The highest BCUT2D eigenvalue weighted by molar-refractivity contribution is 7.19. The zero-order valence-corrected chi connectivity index (χ0v) is 17.5. The Hall–Kier alpha value is -1.85. The minimum Gasteiger partial charge on any atom is -0.497 e. The van der Waals surface area contributed by atoms with E-state index in [0.29, 0.717) is 11.3 Å². The molecule has 4 rings (SSSR count). The van der Waals surface area contributed by atoms with Crippen LogP contribution in [0.3, 0.4) is 0 Å². The van der Waals surface area contributed by atoms with Crippen molar-refractivity contribution in [1.29, 1.82) is 0 Å². The number of hydrogen-bond acceptors (Lipinski definition) is 5. The van der Waals surface area contributed by atoms with Gasteiger partial charge in [-0.1, -0.05) is 31.4 Å². The zero-order chi connectivity index (χ0) is 19.0. The summed E-state index contributed by atoms with van der Waals surface area (Å²) in [7, 11) is 3.84. The summed E-state index contributed by atoms with van der Waals surface area (Å²) in [5.41, 5.74) is 2.36. The van der Waals surface area contributed by atoms with E-state index >= 15 is 0 Å². The smallest absolute Gasteiger partial charge is 0.225 e. The lowest BCUT2D eigenvalue weighted by Crippen LogP contribution is -2.34. The summed E-state index contributed by atoms with van der Waals surface area (Å²) < 4.78 is 5.31. The molecule has 0 bridgehead atoms. The van der Waals surface area contributed by atoms with Gasteiger partial charge in [0.15, 0.2) is 0 Å². The van der Waals surface area contributed by atoms with Gasteiger partial charge in [-0.15, -0.1) is 11.3 Å². The van der Waals surface area contributed by atoms with Crippen molar-refractivity contribution in [3.8, 4) is 16.9 Å². The van der Waals surface area contributed by atoms with Crippen LogP contribution in [-0.4, -0.2) is 30.2 Å². The summed E-state index contributed by atoms with van der Waals surface area (Å²) >= 11 is 7.98. The molecule has 27 heavy (non-hydrogen) atoms. The molecule has 3 aromatic rings. The quantitative estimate of drug-likeness (QED) is 0.495. The van der Waals surface area contributed by atoms with Crippen LogP contribution in [0.2, 0.25) is 5.28 Å². The average molecular weight is 402 g/mol. The number of ether oxygens (including phenoxy) is 1. The molecule has 0 unspecified atom stereocenters. The number of fused-ring (bicyclic) bond motifs is 1. The Morgan fingerprint density at radius 2 is 1.81 bits per heavy atom. The van der Waals surface area contributed by atoms with Gasteiger partial charge in [0.2, 0.25) is 5.28 Å². The molecule has 2 heterocycles. The van der Waals surface area contributed by atoms with E-state index in [1.807, 2.05) is 12.1 Å². The Morgan fingerprint density at radius 3 is 2.48 bits per heavy atom. The SMILES string of the molecule is COc1ccc(-c2c(C)sc3nc(Cl)nc(N(C)C4CCCCC4)c23)cc1. The maximum absolute atomic E-state index is 6.30. The van der Waals surface area contributed by atoms with Gasteiger partial charge in [0.25, 0.3) is 0 Å². The summed E-state index contributed by atoms with van der Waals surface area (Å²) in [6.07, 6.45) is 6.32. The van der Waals surface area contributed by atoms with E-state index in [1.165, 1.54) is 42.5 Å². The summed E-state index contributed by atoms with van der Waals surface area (Å²) in [5, 5.41) is 1.43. The van der Waals surface area contributed by atoms with Crippen LogP contribution in [-0.2, 0) is 0 Å². The van der Waals surface area contributed by atoms with Gasteiger partial charge in [0.1, 0.15) is 16.4 Å². The van der Waals surface area contributed by atoms with Gasteiger partial charge < -0.3 is 9.64 Å². The monoisotopic (exact) mass is 401 g/mol. The number of rotatable bonds is 4. The molecule has 0 N–H and O–H groups in total. The summed E-state index contributed by atoms with van der Waals surface area (Å²) in [5.74, 6) is 1.81. The van der Waals surface area contributed by atoms with Crippen LogP contribution in [0.1, 0.15) is 37.0 Å². The first-order valence-corrected chi connectivity index (χ1v) is 10.6. The lowest BCUT2D eigenvalue weighted by atomic mass is 9.94. The van der Waals surface area contributed by atoms with Crippen molar-refractivity contribution in [2.75, 3.05) is 19.1 Å². The molecule has 1 aliphatic carbocycles. The van der Waals surface area contributed by atoms with E-state index in [-0.39, 0.29) is 0 Å². The Morgan fingerprint density at radius 1 is 1.11 bits per heavy atom. The van der Waals surface area contributed by atoms with Gasteiger partial charge in [-0.3, -0.25) is 0 Å². The molecule has 0 spiro atoms. The molecule has 2 aromatic heterocycles.